The Morgan fingerprint density at radius 3 is 2.41 bits per heavy atom. The Bertz CT molecular complexity index is 1020. The third-order valence-corrected chi connectivity index (χ3v) is 4.19. The summed E-state index contributed by atoms with van der Waals surface area (Å²) in [5.74, 6) is -0.236. The fraction of sp³-hybridized carbons (Fsp3) is 0.211. The van der Waals surface area contributed by atoms with Gasteiger partial charge in [-0.2, -0.15) is 0 Å². The Morgan fingerprint density at radius 2 is 1.68 bits per heavy atom. The third-order valence-electron chi connectivity index (χ3n) is 4.19. The molecule has 4 aromatic rings. The van der Waals surface area contributed by atoms with E-state index in [2.05, 4.69) is 37.9 Å². The molecule has 0 saturated heterocycles. The lowest BCUT2D eigenvalue weighted by molar-refractivity contribution is 0.592. The number of nitrogens with zero attached hydrogens (tertiary/aromatic N) is 2. The van der Waals surface area contributed by atoms with E-state index in [1.165, 1.54) is 17.0 Å². The lowest BCUT2D eigenvalue weighted by Crippen LogP contribution is -2.13. The standard InChI is InChI=1S/C19H17FN2/c1-19(2,3)14-11-22-17-15(20)9-6-10-16(17)21-18(22)13-8-5-4-7-12(13)14/h4-11H,1-3H3. The highest BCUT2D eigenvalue weighted by Crippen LogP contribution is 2.34. The first-order chi connectivity index (χ1) is 10.5. The maximum absolute atomic E-state index is 14.3. The summed E-state index contributed by atoms with van der Waals surface area (Å²) in [6, 6.07) is 13.3. The van der Waals surface area contributed by atoms with Gasteiger partial charge in [-0.15, -0.1) is 0 Å². The van der Waals surface area contributed by atoms with Crippen LogP contribution in [0.5, 0.6) is 0 Å². The van der Waals surface area contributed by atoms with Crippen molar-refractivity contribution < 1.29 is 4.39 Å². The van der Waals surface area contributed by atoms with E-state index in [0.29, 0.717) is 11.0 Å². The first kappa shape index (κ1) is 13.3. The Hall–Kier alpha value is -2.42. The second-order valence-electron chi connectivity index (χ2n) is 6.75. The smallest absolute Gasteiger partial charge is 0.149 e. The first-order valence-electron chi connectivity index (χ1n) is 7.45. The van der Waals surface area contributed by atoms with Gasteiger partial charge in [0.05, 0.1) is 5.52 Å². The molecule has 3 heteroatoms. The number of rotatable bonds is 0. The van der Waals surface area contributed by atoms with Gasteiger partial charge < -0.3 is 0 Å². The molecule has 4 rings (SSSR count). The van der Waals surface area contributed by atoms with Crippen molar-refractivity contribution in [2.45, 2.75) is 26.2 Å². The van der Waals surface area contributed by atoms with Crippen molar-refractivity contribution in [3.8, 4) is 0 Å². The van der Waals surface area contributed by atoms with Gasteiger partial charge in [-0.3, -0.25) is 4.40 Å². The molecule has 0 spiro atoms. The summed E-state index contributed by atoms with van der Waals surface area (Å²) in [7, 11) is 0. The van der Waals surface area contributed by atoms with Gasteiger partial charge >= 0.3 is 0 Å². The Labute approximate surface area is 128 Å². The third kappa shape index (κ3) is 1.75. The van der Waals surface area contributed by atoms with Gasteiger partial charge in [0.25, 0.3) is 0 Å². The predicted octanol–water partition coefficient (Wildman–Crippen LogP) is 5.08. The van der Waals surface area contributed by atoms with Crippen LogP contribution in [0, 0.1) is 5.82 Å². The van der Waals surface area contributed by atoms with E-state index in [0.717, 1.165) is 11.0 Å². The summed E-state index contributed by atoms with van der Waals surface area (Å²) < 4.78 is 16.2. The van der Waals surface area contributed by atoms with E-state index in [-0.39, 0.29) is 11.2 Å². The molecular formula is C19H17FN2. The van der Waals surface area contributed by atoms with Crippen molar-refractivity contribution in [3.63, 3.8) is 0 Å². The number of benzene rings is 2. The van der Waals surface area contributed by atoms with E-state index < -0.39 is 0 Å². The second-order valence-corrected chi connectivity index (χ2v) is 6.75. The molecule has 0 N–H and O–H groups in total. The van der Waals surface area contributed by atoms with Crippen molar-refractivity contribution in [3.05, 3.63) is 60.0 Å². The molecule has 2 heterocycles. The zero-order valence-electron chi connectivity index (χ0n) is 12.9. The van der Waals surface area contributed by atoms with Gasteiger partial charge in [-0.05, 0) is 28.5 Å². The minimum absolute atomic E-state index is 0.0321. The molecule has 0 unspecified atom stereocenters. The van der Waals surface area contributed by atoms with E-state index >= 15 is 0 Å². The molecule has 0 fully saturated rings. The molecule has 110 valence electrons. The molecule has 0 aliphatic rings. The van der Waals surface area contributed by atoms with Crippen LogP contribution in [0.4, 0.5) is 4.39 Å². The summed E-state index contributed by atoms with van der Waals surface area (Å²) >= 11 is 0. The lowest BCUT2D eigenvalue weighted by Gasteiger charge is -2.22. The van der Waals surface area contributed by atoms with Gasteiger partial charge in [-0.1, -0.05) is 51.1 Å². The normalized spacial score (nSPS) is 12.5. The average Bonchev–Trinajstić information content (AvgIpc) is 2.85. The summed E-state index contributed by atoms with van der Waals surface area (Å²) in [5.41, 5.74) is 3.21. The number of hydrogen-bond acceptors (Lipinski definition) is 1. The van der Waals surface area contributed by atoms with Gasteiger partial charge in [0.1, 0.15) is 17.0 Å². The quantitative estimate of drug-likeness (QED) is 0.442. The van der Waals surface area contributed by atoms with Gasteiger partial charge in [0.15, 0.2) is 0 Å². The van der Waals surface area contributed by atoms with Crippen LogP contribution in [0.15, 0.2) is 48.7 Å². The lowest BCUT2D eigenvalue weighted by atomic mass is 9.85. The van der Waals surface area contributed by atoms with E-state index in [1.807, 2.05) is 28.8 Å². The highest BCUT2D eigenvalue weighted by molar-refractivity contribution is 6.00. The molecule has 2 aromatic carbocycles. The second kappa shape index (κ2) is 4.29. The van der Waals surface area contributed by atoms with Crippen LogP contribution in [0.25, 0.3) is 27.5 Å². The molecular weight excluding hydrogens is 275 g/mol. The highest BCUT2D eigenvalue weighted by atomic mass is 19.1. The number of hydrogen-bond donors (Lipinski definition) is 0. The largest absolute Gasteiger partial charge is 0.296 e. The van der Waals surface area contributed by atoms with Crippen LogP contribution in [-0.2, 0) is 5.41 Å². The molecule has 0 amide bonds. The van der Waals surface area contributed by atoms with Gasteiger partial charge in [0.2, 0.25) is 0 Å². The number of aromatic nitrogens is 2. The van der Waals surface area contributed by atoms with Gasteiger partial charge in [0, 0.05) is 11.6 Å². The molecule has 2 aromatic heterocycles. The molecule has 0 saturated carbocycles. The molecule has 0 atom stereocenters. The Balaban J connectivity index is 2.31. The van der Waals surface area contributed by atoms with Gasteiger partial charge in [-0.25, -0.2) is 9.37 Å². The Kier molecular flexibility index (Phi) is 2.59. The van der Waals surface area contributed by atoms with Crippen molar-refractivity contribution in [1.82, 2.24) is 9.38 Å². The topological polar surface area (TPSA) is 17.3 Å². The van der Waals surface area contributed by atoms with Crippen molar-refractivity contribution in [2.24, 2.45) is 0 Å². The zero-order chi connectivity index (χ0) is 15.5. The highest BCUT2D eigenvalue weighted by Gasteiger charge is 2.21. The molecule has 2 nitrogen and oxygen atoms in total. The minimum atomic E-state index is -0.236. The maximum atomic E-state index is 14.3. The number of halogens is 1. The van der Waals surface area contributed by atoms with E-state index in [1.54, 1.807) is 6.07 Å². The summed E-state index contributed by atoms with van der Waals surface area (Å²) in [6.45, 7) is 6.53. The molecule has 0 aliphatic carbocycles. The number of fused-ring (bicyclic) bond motifs is 5. The van der Waals surface area contributed by atoms with Crippen molar-refractivity contribution in [1.29, 1.82) is 0 Å². The monoisotopic (exact) mass is 292 g/mol. The van der Waals surface area contributed by atoms with Crippen LogP contribution in [0.2, 0.25) is 0 Å². The molecule has 0 aliphatic heterocycles. The minimum Gasteiger partial charge on any atom is -0.296 e. The Morgan fingerprint density at radius 1 is 0.955 bits per heavy atom. The summed E-state index contributed by atoms with van der Waals surface area (Å²) in [4.78, 5) is 4.65. The molecule has 0 radical (unpaired) electrons. The molecule has 22 heavy (non-hydrogen) atoms. The van der Waals surface area contributed by atoms with Crippen molar-refractivity contribution >= 4 is 27.5 Å². The van der Waals surface area contributed by atoms with Crippen molar-refractivity contribution in [2.75, 3.05) is 0 Å². The summed E-state index contributed by atoms with van der Waals surface area (Å²) in [6.07, 6.45) is 2.04. The zero-order valence-corrected chi connectivity index (χ0v) is 12.9. The van der Waals surface area contributed by atoms with E-state index in [4.69, 9.17) is 0 Å². The average molecular weight is 292 g/mol. The SMILES string of the molecule is CC(C)(C)c1cn2c(nc3cccc(F)c32)c2ccccc12. The number of imidazole rings is 1. The fourth-order valence-corrected chi connectivity index (χ4v) is 3.13. The maximum Gasteiger partial charge on any atom is 0.149 e. The summed E-state index contributed by atoms with van der Waals surface area (Å²) in [5, 5.41) is 2.24. The van der Waals surface area contributed by atoms with Crippen LogP contribution in [-0.4, -0.2) is 9.38 Å². The van der Waals surface area contributed by atoms with Crippen LogP contribution >= 0.6 is 0 Å². The van der Waals surface area contributed by atoms with Crippen LogP contribution in [0.1, 0.15) is 26.3 Å². The first-order valence-corrected chi connectivity index (χ1v) is 7.45. The van der Waals surface area contributed by atoms with Crippen LogP contribution in [0.3, 0.4) is 0 Å². The number of para-hydroxylation sites is 1. The fourth-order valence-electron chi connectivity index (χ4n) is 3.13. The molecule has 0 bridgehead atoms. The van der Waals surface area contributed by atoms with Crippen LogP contribution < -0.4 is 0 Å². The predicted molar refractivity (Wildman–Crippen MR) is 88.9 cm³/mol. The van der Waals surface area contributed by atoms with E-state index in [9.17, 15) is 4.39 Å². The number of pyridine rings is 1.